The number of aryl methyl sites for hydroxylation is 3. The van der Waals surface area contributed by atoms with Crippen LogP contribution in [0.4, 0.5) is 5.69 Å². The molecular weight excluding hydrogens is 380 g/mol. The van der Waals surface area contributed by atoms with Crippen molar-refractivity contribution in [1.29, 1.82) is 0 Å². The van der Waals surface area contributed by atoms with Crippen molar-refractivity contribution in [3.63, 3.8) is 0 Å². The van der Waals surface area contributed by atoms with Gasteiger partial charge in [0.2, 0.25) is 5.58 Å². The standard InChI is InChI=1S/C23H24N4O3/c1-13-9-14(2)20(15(3)10-13)26-19(28)12-27(4)11-18-24-21-16-7-5-6-8-17(16)30-22(21)23(29)25-18/h5-10H,11-12H2,1-4H3,(H,26,28)(H,24,25,29)/p+1. The van der Waals surface area contributed by atoms with Crippen molar-refractivity contribution in [2.75, 3.05) is 18.9 Å². The summed E-state index contributed by atoms with van der Waals surface area (Å²) in [5.74, 6) is 0.437. The number of rotatable bonds is 5. The van der Waals surface area contributed by atoms with Gasteiger partial charge in [0.25, 0.3) is 11.5 Å². The van der Waals surface area contributed by atoms with Gasteiger partial charge in [-0.2, -0.15) is 0 Å². The minimum absolute atomic E-state index is 0.0836. The Labute approximate surface area is 173 Å². The zero-order chi connectivity index (χ0) is 21.4. The zero-order valence-electron chi connectivity index (χ0n) is 17.6. The van der Waals surface area contributed by atoms with E-state index in [0.717, 1.165) is 27.1 Å². The molecule has 4 rings (SSSR count). The number of amides is 1. The quantitative estimate of drug-likeness (QED) is 0.475. The number of nitrogens with one attached hydrogen (secondary N) is 3. The number of furan rings is 1. The highest BCUT2D eigenvalue weighted by Crippen LogP contribution is 2.24. The second-order valence-electron chi connectivity index (χ2n) is 7.92. The fraction of sp³-hybridized carbons (Fsp3) is 0.261. The molecule has 3 N–H and O–H groups in total. The molecule has 1 atom stereocenters. The first-order chi connectivity index (χ1) is 14.3. The monoisotopic (exact) mass is 405 g/mol. The summed E-state index contributed by atoms with van der Waals surface area (Å²) in [6, 6.07) is 11.5. The third-order valence-corrected chi connectivity index (χ3v) is 5.15. The molecule has 1 amide bonds. The Kier molecular flexibility index (Phi) is 5.13. The summed E-state index contributed by atoms with van der Waals surface area (Å²) in [5, 5.41) is 3.82. The second kappa shape index (κ2) is 7.76. The fourth-order valence-electron chi connectivity index (χ4n) is 3.91. The van der Waals surface area contributed by atoms with Crippen LogP contribution in [0.25, 0.3) is 22.1 Å². The number of para-hydroxylation sites is 1. The van der Waals surface area contributed by atoms with Crippen LogP contribution in [0, 0.1) is 20.8 Å². The molecule has 0 saturated heterocycles. The molecule has 0 spiro atoms. The van der Waals surface area contributed by atoms with Gasteiger partial charge in [0.1, 0.15) is 17.6 Å². The van der Waals surface area contributed by atoms with Gasteiger partial charge >= 0.3 is 0 Å². The highest BCUT2D eigenvalue weighted by atomic mass is 16.3. The van der Waals surface area contributed by atoms with Crippen molar-refractivity contribution in [2.45, 2.75) is 27.3 Å². The number of anilines is 1. The first-order valence-corrected chi connectivity index (χ1v) is 9.91. The number of nitrogens with zero attached hydrogens (tertiary/aromatic N) is 1. The summed E-state index contributed by atoms with van der Waals surface area (Å²) in [5.41, 5.74) is 5.21. The normalized spacial score (nSPS) is 12.4. The third-order valence-electron chi connectivity index (χ3n) is 5.15. The molecular formula is C23H25N4O3+. The Morgan fingerprint density at radius 2 is 1.87 bits per heavy atom. The number of aromatic amines is 1. The lowest BCUT2D eigenvalue weighted by molar-refractivity contribution is -0.885. The maximum absolute atomic E-state index is 12.6. The van der Waals surface area contributed by atoms with E-state index in [-0.39, 0.29) is 23.6 Å². The van der Waals surface area contributed by atoms with Crippen LogP contribution in [0.15, 0.2) is 45.6 Å². The number of hydrogen-bond donors (Lipinski definition) is 3. The van der Waals surface area contributed by atoms with Gasteiger partial charge in [-0.3, -0.25) is 9.59 Å². The molecule has 0 bridgehead atoms. The molecule has 0 fully saturated rings. The molecule has 154 valence electrons. The molecule has 2 aromatic heterocycles. The molecule has 30 heavy (non-hydrogen) atoms. The summed E-state index contributed by atoms with van der Waals surface area (Å²) in [6.45, 7) is 6.68. The number of H-pyrrole nitrogens is 1. The van der Waals surface area contributed by atoms with Crippen LogP contribution in [0.5, 0.6) is 0 Å². The van der Waals surface area contributed by atoms with E-state index in [0.29, 0.717) is 23.5 Å². The highest BCUT2D eigenvalue weighted by Gasteiger charge is 2.17. The highest BCUT2D eigenvalue weighted by molar-refractivity contribution is 6.01. The molecule has 4 aromatic rings. The lowest BCUT2D eigenvalue weighted by Gasteiger charge is -2.16. The van der Waals surface area contributed by atoms with Crippen molar-refractivity contribution in [3.05, 3.63) is 69.3 Å². The first kappa shape index (κ1) is 19.8. The van der Waals surface area contributed by atoms with Crippen molar-refractivity contribution in [1.82, 2.24) is 9.97 Å². The van der Waals surface area contributed by atoms with Crippen LogP contribution in [0.1, 0.15) is 22.5 Å². The topological polar surface area (TPSA) is 92.4 Å². The zero-order valence-corrected chi connectivity index (χ0v) is 17.6. The SMILES string of the molecule is Cc1cc(C)c(NC(=O)C[NH+](C)Cc2nc3c(oc4ccccc43)c(=O)[nH]2)c(C)c1. The Morgan fingerprint density at radius 1 is 1.17 bits per heavy atom. The van der Waals surface area contributed by atoms with Gasteiger partial charge in [0.05, 0.1) is 7.05 Å². The number of fused-ring (bicyclic) bond motifs is 3. The van der Waals surface area contributed by atoms with Crippen LogP contribution in [0.2, 0.25) is 0 Å². The van der Waals surface area contributed by atoms with Gasteiger partial charge in [-0.15, -0.1) is 0 Å². The van der Waals surface area contributed by atoms with Crippen LogP contribution >= 0.6 is 0 Å². The van der Waals surface area contributed by atoms with E-state index in [1.165, 1.54) is 5.56 Å². The molecule has 2 heterocycles. The van der Waals surface area contributed by atoms with E-state index in [1.54, 1.807) is 0 Å². The Morgan fingerprint density at radius 3 is 2.60 bits per heavy atom. The van der Waals surface area contributed by atoms with E-state index in [2.05, 4.69) is 27.4 Å². The molecule has 0 aliphatic heterocycles. The molecule has 0 saturated carbocycles. The van der Waals surface area contributed by atoms with E-state index in [9.17, 15) is 9.59 Å². The van der Waals surface area contributed by atoms with Gasteiger partial charge in [0.15, 0.2) is 12.4 Å². The van der Waals surface area contributed by atoms with Gasteiger partial charge in [-0.25, -0.2) is 4.98 Å². The Hall–Kier alpha value is -3.45. The van der Waals surface area contributed by atoms with Crippen LogP contribution in [0.3, 0.4) is 0 Å². The number of quaternary nitrogens is 1. The third kappa shape index (κ3) is 3.84. The minimum Gasteiger partial charge on any atom is -0.449 e. The molecule has 0 aliphatic rings. The Bertz CT molecular complexity index is 1300. The van der Waals surface area contributed by atoms with Gasteiger partial charge in [-0.05, 0) is 44.0 Å². The van der Waals surface area contributed by atoms with Crippen molar-refractivity contribution in [2.24, 2.45) is 0 Å². The van der Waals surface area contributed by atoms with Crippen LogP contribution in [-0.2, 0) is 11.3 Å². The number of carbonyl (C=O) groups is 1. The Balaban J connectivity index is 1.51. The van der Waals surface area contributed by atoms with Gasteiger partial charge in [0, 0.05) is 11.1 Å². The van der Waals surface area contributed by atoms with Crippen molar-refractivity contribution >= 4 is 33.7 Å². The molecule has 7 nitrogen and oxygen atoms in total. The van der Waals surface area contributed by atoms with Crippen LogP contribution < -0.4 is 15.8 Å². The lowest BCUT2D eigenvalue weighted by Crippen LogP contribution is -3.08. The van der Waals surface area contributed by atoms with Crippen molar-refractivity contribution < 1.29 is 14.1 Å². The first-order valence-electron chi connectivity index (χ1n) is 9.91. The van der Waals surface area contributed by atoms with E-state index < -0.39 is 0 Å². The lowest BCUT2D eigenvalue weighted by atomic mass is 10.1. The van der Waals surface area contributed by atoms with Gasteiger partial charge < -0.3 is 19.6 Å². The number of hydrogen-bond acceptors (Lipinski definition) is 4. The molecule has 2 aromatic carbocycles. The number of likely N-dealkylation sites (N-methyl/N-ethyl adjacent to an activating group) is 1. The summed E-state index contributed by atoms with van der Waals surface area (Å²) in [4.78, 5) is 33.3. The molecule has 0 aliphatic carbocycles. The van der Waals surface area contributed by atoms with Crippen molar-refractivity contribution in [3.8, 4) is 0 Å². The molecule has 7 heteroatoms. The minimum atomic E-state index is -0.311. The predicted octanol–water partition coefficient (Wildman–Crippen LogP) is 2.25. The summed E-state index contributed by atoms with van der Waals surface area (Å²) >= 11 is 0. The second-order valence-corrected chi connectivity index (χ2v) is 7.92. The maximum Gasteiger partial charge on any atom is 0.294 e. The molecule has 1 unspecified atom stereocenters. The van der Waals surface area contributed by atoms with Gasteiger partial charge in [-0.1, -0.05) is 29.8 Å². The number of aromatic nitrogens is 2. The molecule has 0 radical (unpaired) electrons. The van der Waals surface area contributed by atoms with E-state index in [4.69, 9.17) is 4.42 Å². The average molecular weight is 405 g/mol. The summed E-state index contributed by atoms with van der Waals surface area (Å²) < 4.78 is 5.63. The average Bonchev–Trinajstić information content (AvgIpc) is 3.04. The smallest absolute Gasteiger partial charge is 0.294 e. The number of carbonyl (C=O) groups excluding carboxylic acids is 1. The fourth-order valence-corrected chi connectivity index (χ4v) is 3.91. The predicted molar refractivity (Wildman–Crippen MR) is 117 cm³/mol. The van der Waals surface area contributed by atoms with E-state index >= 15 is 0 Å². The summed E-state index contributed by atoms with van der Waals surface area (Å²) in [6.07, 6.45) is 0. The number of benzene rings is 2. The van der Waals surface area contributed by atoms with Crippen LogP contribution in [-0.4, -0.2) is 29.5 Å². The van der Waals surface area contributed by atoms with E-state index in [1.807, 2.05) is 52.1 Å². The largest absolute Gasteiger partial charge is 0.449 e. The maximum atomic E-state index is 12.6. The summed E-state index contributed by atoms with van der Waals surface area (Å²) in [7, 11) is 1.89.